The van der Waals surface area contributed by atoms with Gasteiger partial charge < -0.3 is 9.64 Å². The van der Waals surface area contributed by atoms with Gasteiger partial charge in [-0.05, 0) is 50.6 Å². The fourth-order valence-corrected chi connectivity index (χ4v) is 4.02. The van der Waals surface area contributed by atoms with Crippen molar-refractivity contribution in [3.63, 3.8) is 0 Å². The molecule has 6 heteroatoms. The molecule has 1 atom stereocenters. The third-order valence-electron chi connectivity index (χ3n) is 5.06. The van der Waals surface area contributed by atoms with Crippen molar-refractivity contribution < 1.29 is 18.7 Å². The Labute approximate surface area is 157 Å². The molecule has 0 saturated carbocycles. The summed E-state index contributed by atoms with van der Waals surface area (Å²) in [6.45, 7) is 5.32. The molecule has 4 rings (SSSR count). The molecule has 2 amide bonds. The molecule has 0 N–H and O–H groups in total. The van der Waals surface area contributed by atoms with E-state index in [1.807, 2.05) is 18.2 Å². The first kappa shape index (κ1) is 17.5. The van der Waals surface area contributed by atoms with E-state index < -0.39 is 23.1 Å². The van der Waals surface area contributed by atoms with Crippen molar-refractivity contribution in [2.75, 3.05) is 16.8 Å². The lowest BCUT2D eigenvalue weighted by molar-refractivity contribution is -0.122. The number of fused-ring (bicyclic) bond motifs is 3. The van der Waals surface area contributed by atoms with Crippen molar-refractivity contribution in [1.29, 1.82) is 0 Å². The van der Waals surface area contributed by atoms with E-state index in [1.54, 1.807) is 40.0 Å². The molecule has 1 spiro atoms. The van der Waals surface area contributed by atoms with E-state index in [0.717, 1.165) is 5.56 Å². The molecule has 0 aliphatic carbocycles. The van der Waals surface area contributed by atoms with Gasteiger partial charge in [0, 0.05) is 24.7 Å². The standard InChI is InChI=1S/C21H21FN2O3/c1-20(2,3)27-19(26)24-16-8-6-5-7-13(16)12-21(24)15-11-14(22)9-10-17(15)23(4)18(21)25/h5-11H,12H2,1-4H3. The van der Waals surface area contributed by atoms with Gasteiger partial charge in [0.2, 0.25) is 0 Å². The predicted octanol–water partition coefficient (Wildman–Crippen LogP) is 4.00. The largest absolute Gasteiger partial charge is 0.443 e. The summed E-state index contributed by atoms with van der Waals surface area (Å²) in [6, 6.07) is 11.6. The summed E-state index contributed by atoms with van der Waals surface area (Å²) < 4.78 is 19.7. The van der Waals surface area contributed by atoms with Crippen molar-refractivity contribution in [1.82, 2.24) is 0 Å². The molecule has 0 aromatic heterocycles. The quantitative estimate of drug-likeness (QED) is 0.706. The van der Waals surface area contributed by atoms with Gasteiger partial charge in [-0.3, -0.25) is 9.69 Å². The molecular weight excluding hydrogens is 347 g/mol. The van der Waals surface area contributed by atoms with Gasteiger partial charge in [-0.15, -0.1) is 0 Å². The Morgan fingerprint density at radius 3 is 2.56 bits per heavy atom. The number of carbonyl (C=O) groups excluding carboxylic acids is 2. The maximum absolute atomic E-state index is 14.1. The maximum atomic E-state index is 14.1. The number of amides is 2. The molecule has 2 aromatic carbocycles. The maximum Gasteiger partial charge on any atom is 0.416 e. The van der Waals surface area contributed by atoms with Crippen molar-refractivity contribution >= 4 is 23.4 Å². The normalized spacial score (nSPS) is 20.9. The molecule has 0 bridgehead atoms. The summed E-state index contributed by atoms with van der Waals surface area (Å²) in [5, 5.41) is 0. The Balaban J connectivity index is 1.95. The third kappa shape index (κ3) is 2.43. The summed E-state index contributed by atoms with van der Waals surface area (Å²) in [5.41, 5.74) is 0.486. The fraction of sp³-hybridized carbons (Fsp3) is 0.333. The zero-order valence-electron chi connectivity index (χ0n) is 15.7. The Hall–Kier alpha value is -2.89. The number of anilines is 2. The highest BCUT2D eigenvalue weighted by Gasteiger charge is 2.60. The van der Waals surface area contributed by atoms with Gasteiger partial charge in [-0.2, -0.15) is 0 Å². The van der Waals surface area contributed by atoms with E-state index in [-0.39, 0.29) is 12.3 Å². The topological polar surface area (TPSA) is 49.9 Å². The van der Waals surface area contributed by atoms with Crippen LogP contribution in [0.4, 0.5) is 20.6 Å². The lowest BCUT2D eigenvalue weighted by atomic mass is 9.87. The van der Waals surface area contributed by atoms with Crippen LogP contribution >= 0.6 is 0 Å². The van der Waals surface area contributed by atoms with E-state index in [2.05, 4.69) is 0 Å². The molecule has 0 fully saturated rings. The van der Waals surface area contributed by atoms with Crippen LogP contribution in [-0.2, 0) is 21.5 Å². The van der Waals surface area contributed by atoms with Crippen molar-refractivity contribution in [3.8, 4) is 0 Å². The van der Waals surface area contributed by atoms with Crippen LogP contribution in [-0.4, -0.2) is 24.6 Å². The molecule has 2 aromatic rings. The van der Waals surface area contributed by atoms with Crippen LogP contribution in [0, 0.1) is 5.82 Å². The number of halogens is 1. The van der Waals surface area contributed by atoms with Crippen LogP contribution in [0.1, 0.15) is 31.9 Å². The molecule has 0 radical (unpaired) electrons. The van der Waals surface area contributed by atoms with Crippen molar-refractivity contribution in [3.05, 3.63) is 59.4 Å². The molecule has 140 valence electrons. The molecule has 2 aliphatic rings. The Bertz CT molecular complexity index is 966. The monoisotopic (exact) mass is 368 g/mol. The van der Waals surface area contributed by atoms with Crippen LogP contribution in [0.15, 0.2) is 42.5 Å². The van der Waals surface area contributed by atoms with Gasteiger partial charge in [-0.1, -0.05) is 18.2 Å². The fourth-order valence-electron chi connectivity index (χ4n) is 4.02. The van der Waals surface area contributed by atoms with Gasteiger partial charge in [-0.25, -0.2) is 9.18 Å². The molecule has 1 unspecified atom stereocenters. The molecule has 2 aliphatic heterocycles. The highest BCUT2D eigenvalue weighted by atomic mass is 19.1. The van der Waals surface area contributed by atoms with E-state index in [4.69, 9.17) is 4.74 Å². The third-order valence-corrected chi connectivity index (χ3v) is 5.06. The summed E-state index contributed by atoms with van der Waals surface area (Å²) in [7, 11) is 1.64. The summed E-state index contributed by atoms with van der Waals surface area (Å²) >= 11 is 0. The summed E-state index contributed by atoms with van der Waals surface area (Å²) in [6.07, 6.45) is -0.339. The number of hydrogen-bond donors (Lipinski definition) is 0. The number of likely N-dealkylation sites (N-methyl/N-ethyl adjacent to an activating group) is 1. The first-order valence-corrected chi connectivity index (χ1v) is 8.84. The van der Waals surface area contributed by atoms with Crippen LogP contribution in [0.3, 0.4) is 0 Å². The lowest BCUT2D eigenvalue weighted by Gasteiger charge is -2.35. The van der Waals surface area contributed by atoms with E-state index in [9.17, 15) is 14.0 Å². The minimum Gasteiger partial charge on any atom is -0.443 e. The van der Waals surface area contributed by atoms with Gasteiger partial charge in [0.05, 0.1) is 5.69 Å². The van der Waals surface area contributed by atoms with Crippen molar-refractivity contribution in [2.45, 2.75) is 38.3 Å². The second-order valence-corrected chi connectivity index (χ2v) is 8.01. The minimum atomic E-state index is -1.34. The number of ether oxygens (including phenoxy) is 1. The zero-order chi connectivity index (χ0) is 19.6. The number of benzene rings is 2. The number of para-hydroxylation sites is 1. The van der Waals surface area contributed by atoms with E-state index in [0.29, 0.717) is 16.9 Å². The highest BCUT2D eigenvalue weighted by molar-refractivity contribution is 6.15. The second-order valence-electron chi connectivity index (χ2n) is 8.01. The average molecular weight is 368 g/mol. The van der Waals surface area contributed by atoms with Crippen LogP contribution in [0.5, 0.6) is 0 Å². The SMILES string of the molecule is CN1C(=O)C2(Cc3ccccc3N2C(=O)OC(C)(C)C)c2cc(F)ccc21. The Morgan fingerprint density at radius 2 is 1.85 bits per heavy atom. The van der Waals surface area contributed by atoms with Crippen LogP contribution < -0.4 is 9.80 Å². The van der Waals surface area contributed by atoms with Gasteiger partial charge in [0.1, 0.15) is 11.4 Å². The number of nitrogens with zero attached hydrogens (tertiary/aromatic N) is 2. The molecule has 2 heterocycles. The zero-order valence-corrected chi connectivity index (χ0v) is 15.7. The highest BCUT2D eigenvalue weighted by Crippen LogP contribution is 2.53. The number of rotatable bonds is 0. The minimum absolute atomic E-state index is 0.273. The molecule has 0 saturated heterocycles. The van der Waals surface area contributed by atoms with E-state index >= 15 is 0 Å². The van der Waals surface area contributed by atoms with Crippen molar-refractivity contribution in [2.24, 2.45) is 0 Å². The van der Waals surface area contributed by atoms with E-state index in [1.165, 1.54) is 21.9 Å². The summed E-state index contributed by atoms with van der Waals surface area (Å²) in [4.78, 5) is 29.5. The van der Waals surface area contributed by atoms with Gasteiger partial charge in [0.25, 0.3) is 5.91 Å². The van der Waals surface area contributed by atoms with Gasteiger partial charge >= 0.3 is 6.09 Å². The average Bonchev–Trinajstić information content (AvgIpc) is 3.03. The molecule has 5 nitrogen and oxygen atoms in total. The second kappa shape index (κ2) is 5.55. The Morgan fingerprint density at radius 1 is 1.15 bits per heavy atom. The first-order chi connectivity index (χ1) is 12.6. The first-order valence-electron chi connectivity index (χ1n) is 8.84. The molecular formula is C21H21FN2O3. The predicted molar refractivity (Wildman–Crippen MR) is 100 cm³/mol. The Kier molecular flexibility index (Phi) is 3.60. The lowest BCUT2D eigenvalue weighted by Crippen LogP contribution is -2.54. The van der Waals surface area contributed by atoms with Gasteiger partial charge in [0.15, 0.2) is 5.54 Å². The smallest absolute Gasteiger partial charge is 0.416 e. The van der Waals surface area contributed by atoms with Crippen LogP contribution in [0.25, 0.3) is 0 Å². The van der Waals surface area contributed by atoms with Crippen LogP contribution in [0.2, 0.25) is 0 Å². The number of carbonyl (C=O) groups is 2. The summed E-state index contributed by atoms with van der Waals surface area (Å²) in [5.74, 6) is -0.721. The molecule has 27 heavy (non-hydrogen) atoms. The number of hydrogen-bond acceptors (Lipinski definition) is 3.